The van der Waals surface area contributed by atoms with Crippen molar-refractivity contribution < 1.29 is 13.2 Å². The number of hydrogen-bond donors (Lipinski definition) is 2. The Kier molecular flexibility index (Phi) is 5.70. The summed E-state index contributed by atoms with van der Waals surface area (Å²) in [4.78, 5) is 12.2. The van der Waals surface area contributed by atoms with Crippen LogP contribution in [0, 0.1) is 0 Å². The Bertz CT molecular complexity index is 1090. The summed E-state index contributed by atoms with van der Waals surface area (Å²) in [5.41, 5.74) is 1.12. The maximum absolute atomic E-state index is 12.4. The Labute approximate surface area is 167 Å². The summed E-state index contributed by atoms with van der Waals surface area (Å²) in [5.74, 6) is -0.315. The van der Waals surface area contributed by atoms with Gasteiger partial charge in [-0.25, -0.2) is 8.42 Å². The Morgan fingerprint density at radius 3 is 2.26 bits per heavy atom. The van der Waals surface area contributed by atoms with E-state index < -0.39 is 10.0 Å². The van der Waals surface area contributed by atoms with Crippen molar-refractivity contribution in [1.82, 2.24) is 0 Å². The van der Waals surface area contributed by atoms with E-state index in [2.05, 4.69) is 10.0 Å². The van der Waals surface area contributed by atoms with Crippen molar-refractivity contribution in [1.29, 1.82) is 0 Å². The van der Waals surface area contributed by atoms with Crippen LogP contribution in [0.5, 0.6) is 0 Å². The maximum atomic E-state index is 12.4. The number of carbonyl (C=O) groups is 1. The maximum Gasteiger partial charge on any atom is 0.261 e. The first-order valence-electron chi connectivity index (χ1n) is 7.79. The van der Waals surface area contributed by atoms with Gasteiger partial charge in [0.1, 0.15) is 0 Å². The smallest absolute Gasteiger partial charge is 0.261 e. The van der Waals surface area contributed by atoms with Gasteiger partial charge in [-0.15, -0.1) is 0 Å². The van der Waals surface area contributed by atoms with Gasteiger partial charge in [0.05, 0.1) is 21.3 Å². The third kappa shape index (κ3) is 4.80. The molecule has 3 aromatic carbocycles. The Morgan fingerprint density at radius 1 is 0.852 bits per heavy atom. The molecular formula is C19H14Cl2N2O3S. The van der Waals surface area contributed by atoms with Gasteiger partial charge in [-0.3, -0.25) is 9.52 Å². The van der Waals surface area contributed by atoms with Crippen LogP contribution in [0.4, 0.5) is 11.4 Å². The summed E-state index contributed by atoms with van der Waals surface area (Å²) in [5, 5.41) is 3.20. The predicted octanol–water partition coefficient (Wildman–Crippen LogP) is 5.05. The van der Waals surface area contributed by atoms with Crippen LogP contribution in [0.15, 0.2) is 77.7 Å². The van der Waals surface area contributed by atoms with E-state index in [0.717, 1.165) is 0 Å². The molecule has 0 aliphatic heterocycles. The number of hydrogen-bond acceptors (Lipinski definition) is 3. The van der Waals surface area contributed by atoms with E-state index in [1.54, 1.807) is 36.4 Å². The quantitative estimate of drug-likeness (QED) is 0.606. The average molecular weight is 421 g/mol. The van der Waals surface area contributed by atoms with Crippen LogP contribution < -0.4 is 10.0 Å². The van der Waals surface area contributed by atoms with Crippen molar-refractivity contribution in [2.24, 2.45) is 0 Å². The van der Waals surface area contributed by atoms with E-state index in [0.29, 0.717) is 16.3 Å². The topological polar surface area (TPSA) is 75.3 Å². The molecule has 0 saturated carbocycles. The van der Waals surface area contributed by atoms with Crippen LogP contribution >= 0.6 is 23.2 Å². The van der Waals surface area contributed by atoms with Crippen LogP contribution in [0.2, 0.25) is 10.0 Å². The molecule has 0 radical (unpaired) electrons. The average Bonchev–Trinajstić information content (AvgIpc) is 2.64. The molecule has 0 spiro atoms. The largest absolute Gasteiger partial charge is 0.321 e. The zero-order valence-electron chi connectivity index (χ0n) is 13.8. The van der Waals surface area contributed by atoms with Gasteiger partial charge in [-0.1, -0.05) is 47.5 Å². The molecule has 1 amide bonds. The molecule has 0 saturated heterocycles. The third-order valence-corrected chi connectivity index (χ3v) is 5.54. The van der Waals surface area contributed by atoms with E-state index in [1.807, 2.05) is 6.07 Å². The minimum Gasteiger partial charge on any atom is -0.321 e. The van der Waals surface area contributed by atoms with Crippen LogP contribution in [0.3, 0.4) is 0 Å². The third-order valence-electron chi connectivity index (χ3n) is 3.61. The lowest BCUT2D eigenvalue weighted by atomic mass is 10.2. The van der Waals surface area contributed by atoms with Crippen LogP contribution in [-0.4, -0.2) is 14.3 Å². The minimum absolute atomic E-state index is 0.0348. The molecule has 0 aromatic heterocycles. The molecule has 8 heteroatoms. The van der Waals surface area contributed by atoms with Gasteiger partial charge in [-0.05, 0) is 48.5 Å². The predicted molar refractivity (Wildman–Crippen MR) is 108 cm³/mol. The first-order valence-corrected chi connectivity index (χ1v) is 10.0. The number of carbonyl (C=O) groups excluding carboxylic acids is 1. The second-order valence-electron chi connectivity index (χ2n) is 5.58. The highest BCUT2D eigenvalue weighted by atomic mass is 35.5. The SMILES string of the molecule is O=C(Nc1ccc(NS(=O)(=O)c2cccc(Cl)c2)cc1Cl)c1ccccc1. The molecule has 27 heavy (non-hydrogen) atoms. The zero-order chi connectivity index (χ0) is 19.4. The summed E-state index contributed by atoms with van der Waals surface area (Å²) < 4.78 is 27.3. The number of sulfonamides is 1. The number of anilines is 2. The Hall–Kier alpha value is -2.54. The van der Waals surface area contributed by atoms with Gasteiger partial charge in [0.25, 0.3) is 15.9 Å². The first-order chi connectivity index (χ1) is 12.8. The highest BCUT2D eigenvalue weighted by Crippen LogP contribution is 2.28. The van der Waals surface area contributed by atoms with Crippen molar-refractivity contribution in [2.75, 3.05) is 10.0 Å². The van der Waals surface area contributed by atoms with Crippen molar-refractivity contribution in [3.8, 4) is 0 Å². The standard InChI is InChI=1S/C19H14Cl2N2O3S/c20-14-7-4-8-16(11-14)27(25,26)23-15-9-10-18(17(21)12-15)22-19(24)13-5-2-1-3-6-13/h1-12,23H,(H,22,24). The van der Waals surface area contributed by atoms with Gasteiger partial charge < -0.3 is 5.32 Å². The van der Waals surface area contributed by atoms with Crippen LogP contribution in [0.1, 0.15) is 10.4 Å². The number of nitrogens with one attached hydrogen (secondary N) is 2. The van der Waals surface area contributed by atoms with E-state index in [4.69, 9.17) is 23.2 Å². The molecule has 0 unspecified atom stereocenters. The lowest BCUT2D eigenvalue weighted by Crippen LogP contribution is -2.14. The molecule has 0 atom stereocenters. The molecular weight excluding hydrogens is 407 g/mol. The van der Waals surface area contributed by atoms with Crippen molar-refractivity contribution in [3.63, 3.8) is 0 Å². The molecule has 138 valence electrons. The normalized spacial score (nSPS) is 11.0. The number of benzene rings is 3. The second kappa shape index (κ2) is 8.00. The van der Waals surface area contributed by atoms with Crippen molar-refractivity contribution in [2.45, 2.75) is 4.90 Å². The summed E-state index contributed by atoms with van der Waals surface area (Å²) >= 11 is 12.0. The summed E-state index contributed by atoms with van der Waals surface area (Å²) in [7, 11) is -3.81. The van der Waals surface area contributed by atoms with Gasteiger partial charge in [0, 0.05) is 10.6 Å². The fourth-order valence-corrected chi connectivity index (χ4v) is 3.89. The van der Waals surface area contributed by atoms with Gasteiger partial charge >= 0.3 is 0 Å². The van der Waals surface area contributed by atoms with E-state index in [-0.39, 0.29) is 21.5 Å². The van der Waals surface area contributed by atoms with E-state index in [1.165, 1.54) is 30.3 Å². The number of halogens is 2. The Morgan fingerprint density at radius 2 is 1.59 bits per heavy atom. The van der Waals surface area contributed by atoms with Gasteiger partial charge in [0.2, 0.25) is 0 Å². The summed E-state index contributed by atoms with van der Waals surface area (Å²) in [6.45, 7) is 0. The lowest BCUT2D eigenvalue weighted by molar-refractivity contribution is 0.102. The minimum atomic E-state index is -3.81. The summed E-state index contributed by atoms with van der Waals surface area (Å²) in [6.07, 6.45) is 0. The highest BCUT2D eigenvalue weighted by Gasteiger charge is 2.16. The van der Waals surface area contributed by atoms with Gasteiger partial charge in [0.15, 0.2) is 0 Å². The van der Waals surface area contributed by atoms with Crippen LogP contribution in [-0.2, 0) is 10.0 Å². The lowest BCUT2D eigenvalue weighted by Gasteiger charge is -2.11. The molecule has 3 rings (SSSR count). The molecule has 5 nitrogen and oxygen atoms in total. The number of amides is 1. The fourth-order valence-electron chi connectivity index (χ4n) is 2.31. The van der Waals surface area contributed by atoms with Gasteiger partial charge in [-0.2, -0.15) is 0 Å². The molecule has 3 aromatic rings. The summed E-state index contributed by atoms with van der Waals surface area (Å²) in [6, 6.07) is 19.0. The number of rotatable bonds is 5. The van der Waals surface area contributed by atoms with Crippen LogP contribution in [0.25, 0.3) is 0 Å². The zero-order valence-corrected chi connectivity index (χ0v) is 16.1. The fraction of sp³-hybridized carbons (Fsp3) is 0. The van der Waals surface area contributed by atoms with Crippen molar-refractivity contribution >= 4 is 50.5 Å². The van der Waals surface area contributed by atoms with E-state index >= 15 is 0 Å². The molecule has 2 N–H and O–H groups in total. The molecule has 0 aliphatic rings. The van der Waals surface area contributed by atoms with Crippen molar-refractivity contribution in [3.05, 3.63) is 88.4 Å². The first kappa shape index (κ1) is 19.2. The highest BCUT2D eigenvalue weighted by molar-refractivity contribution is 7.92. The molecule has 0 heterocycles. The molecule has 0 aliphatic carbocycles. The second-order valence-corrected chi connectivity index (χ2v) is 8.10. The monoisotopic (exact) mass is 420 g/mol. The van der Waals surface area contributed by atoms with E-state index in [9.17, 15) is 13.2 Å². The Balaban J connectivity index is 1.78. The molecule has 0 bridgehead atoms. The molecule has 0 fully saturated rings.